The van der Waals surface area contributed by atoms with Gasteiger partial charge in [-0.25, -0.2) is 0 Å². The van der Waals surface area contributed by atoms with Crippen LogP contribution in [0.3, 0.4) is 0 Å². The fourth-order valence-electron chi connectivity index (χ4n) is 4.50. The lowest BCUT2D eigenvalue weighted by Crippen LogP contribution is -2.37. The van der Waals surface area contributed by atoms with Gasteiger partial charge in [0.05, 0.1) is 12.0 Å². The van der Waals surface area contributed by atoms with E-state index in [1.54, 1.807) is 0 Å². The second kappa shape index (κ2) is 7.76. The van der Waals surface area contributed by atoms with Crippen LogP contribution >= 0.6 is 0 Å². The van der Waals surface area contributed by atoms with Gasteiger partial charge in [-0.2, -0.15) is 0 Å². The van der Waals surface area contributed by atoms with Gasteiger partial charge >= 0.3 is 0 Å². The summed E-state index contributed by atoms with van der Waals surface area (Å²) in [7, 11) is 0. The number of rotatable bonds is 4. The average molecular weight is 377 g/mol. The van der Waals surface area contributed by atoms with Gasteiger partial charge in [0.1, 0.15) is 0 Å². The van der Waals surface area contributed by atoms with Crippen molar-refractivity contribution in [1.82, 2.24) is 9.80 Å². The SMILES string of the molecule is CC(c1ccccc1)N1CC(C(=O)N2C[C@@H](N)[C@H](c3ccccc3)C2)CC1=O. The molecule has 2 aliphatic heterocycles. The van der Waals surface area contributed by atoms with E-state index in [1.165, 1.54) is 5.56 Å². The summed E-state index contributed by atoms with van der Waals surface area (Å²) in [5, 5.41) is 0. The number of carbonyl (C=O) groups excluding carboxylic acids is 2. The van der Waals surface area contributed by atoms with Crippen LogP contribution < -0.4 is 5.73 Å². The minimum atomic E-state index is -0.277. The van der Waals surface area contributed by atoms with Gasteiger partial charge in [-0.1, -0.05) is 60.7 Å². The maximum absolute atomic E-state index is 13.1. The van der Waals surface area contributed by atoms with Crippen LogP contribution in [-0.4, -0.2) is 47.3 Å². The first-order valence-corrected chi connectivity index (χ1v) is 9.98. The number of likely N-dealkylation sites (tertiary alicyclic amines) is 2. The van der Waals surface area contributed by atoms with Crippen molar-refractivity contribution in [2.45, 2.75) is 31.3 Å². The van der Waals surface area contributed by atoms with E-state index in [9.17, 15) is 9.59 Å². The highest BCUT2D eigenvalue weighted by Gasteiger charge is 2.42. The molecule has 2 saturated heterocycles. The average Bonchev–Trinajstić information content (AvgIpc) is 3.31. The van der Waals surface area contributed by atoms with Crippen LogP contribution in [0.25, 0.3) is 0 Å². The highest BCUT2D eigenvalue weighted by atomic mass is 16.2. The molecule has 0 saturated carbocycles. The molecule has 4 atom stereocenters. The number of benzene rings is 2. The molecule has 28 heavy (non-hydrogen) atoms. The van der Waals surface area contributed by atoms with Crippen LogP contribution in [0, 0.1) is 5.92 Å². The quantitative estimate of drug-likeness (QED) is 0.890. The molecule has 2 fully saturated rings. The largest absolute Gasteiger partial charge is 0.340 e. The molecule has 5 heteroatoms. The van der Waals surface area contributed by atoms with Crippen LogP contribution in [0.4, 0.5) is 0 Å². The van der Waals surface area contributed by atoms with E-state index < -0.39 is 0 Å². The third-order valence-electron chi connectivity index (χ3n) is 6.16. The van der Waals surface area contributed by atoms with Gasteiger partial charge in [-0.05, 0) is 18.1 Å². The smallest absolute Gasteiger partial charge is 0.228 e. The molecule has 0 bridgehead atoms. The van der Waals surface area contributed by atoms with Gasteiger partial charge in [0.25, 0.3) is 0 Å². The maximum atomic E-state index is 13.1. The fourth-order valence-corrected chi connectivity index (χ4v) is 4.50. The van der Waals surface area contributed by atoms with E-state index in [4.69, 9.17) is 5.73 Å². The molecule has 2 heterocycles. The Kier molecular flexibility index (Phi) is 5.18. The summed E-state index contributed by atoms with van der Waals surface area (Å²) in [4.78, 5) is 29.4. The standard InChI is InChI=1S/C23H27N3O2/c1-16(17-8-4-2-5-9-17)26-13-19(12-22(26)27)23(28)25-14-20(21(24)15-25)18-10-6-3-7-11-18/h2-11,16,19-21H,12-15,24H2,1H3/t16?,19?,20-,21+/m0/s1. The molecule has 2 N–H and O–H groups in total. The molecule has 2 amide bonds. The molecule has 0 spiro atoms. The van der Waals surface area contributed by atoms with Crippen molar-refractivity contribution in [2.24, 2.45) is 11.7 Å². The number of hydrogen-bond donors (Lipinski definition) is 1. The van der Waals surface area contributed by atoms with Gasteiger partial charge in [0.15, 0.2) is 0 Å². The first-order valence-electron chi connectivity index (χ1n) is 9.98. The van der Waals surface area contributed by atoms with E-state index in [2.05, 4.69) is 12.1 Å². The summed E-state index contributed by atoms with van der Waals surface area (Å²) in [6.07, 6.45) is 0.289. The molecule has 146 valence electrons. The zero-order valence-corrected chi connectivity index (χ0v) is 16.2. The van der Waals surface area contributed by atoms with Gasteiger partial charge in [-0.15, -0.1) is 0 Å². The van der Waals surface area contributed by atoms with Crippen molar-refractivity contribution in [3.05, 3.63) is 71.8 Å². The summed E-state index contributed by atoms with van der Waals surface area (Å²) >= 11 is 0. The third kappa shape index (κ3) is 3.54. The van der Waals surface area contributed by atoms with Gasteiger partial charge in [0.2, 0.25) is 11.8 Å². The molecule has 5 nitrogen and oxygen atoms in total. The predicted molar refractivity (Wildman–Crippen MR) is 108 cm³/mol. The highest BCUT2D eigenvalue weighted by molar-refractivity contribution is 5.89. The van der Waals surface area contributed by atoms with Crippen LogP contribution in [-0.2, 0) is 9.59 Å². The first kappa shape index (κ1) is 18.7. The zero-order chi connectivity index (χ0) is 19.7. The van der Waals surface area contributed by atoms with Crippen molar-refractivity contribution in [3.8, 4) is 0 Å². The molecular formula is C23H27N3O2. The monoisotopic (exact) mass is 377 g/mol. The Labute approximate surface area is 166 Å². The third-order valence-corrected chi connectivity index (χ3v) is 6.16. The summed E-state index contributed by atoms with van der Waals surface area (Å²) < 4.78 is 0. The molecule has 2 aliphatic rings. The molecular weight excluding hydrogens is 350 g/mol. The lowest BCUT2D eigenvalue weighted by molar-refractivity contribution is -0.135. The maximum Gasteiger partial charge on any atom is 0.228 e. The summed E-state index contributed by atoms with van der Waals surface area (Å²) in [6.45, 7) is 3.69. The lowest BCUT2D eigenvalue weighted by Gasteiger charge is -2.26. The van der Waals surface area contributed by atoms with Gasteiger partial charge in [0, 0.05) is 38.0 Å². The number of carbonyl (C=O) groups is 2. The number of hydrogen-bond acceptors (Lipinski definition) is 3. The Hall–Kier alpha value is -2.66. The number of nitrogens with two attached hydrogens (primary N) is 1. The Bertz CT molecular complexity index is 839. The van der Waals surface area contributed by atoms with Crippen LogP contribution in [0.2, 0.25) is 0 Å². The first-order chi connectivity index (χ1) is 13.5. The zero-order valence-electron chi connectivity index (χ0n) is 16.2. The minimum Gasteiger partial charge on any atom is -0.340 e. The second-order valence-corrected chi connectivity index (χ2v) is 7.96. The predicted octanol–water partition coefficient (Wildman–Crippen LogP) is 2.55. The summed E-state index contributed by atoms with van der Waals surface area (Å²) in [5.41, 5.74) is 8.61. The van der Waals surface area contributed by atoms with Crippen LogP contribution in [0.15, 0.2) is 60.7 Å². The van der Waals surface area contributed by atoms with Crippen molar-refractivity contribution >= 4 is 11.8 Å². The van der Waals surface area contributed by atoms with Crippen molar-refractivity contribution < 1.29 is 9.59 Å². The van der Waals surface area contributed by atoms with E-state index in [-0.39, 0.29) is 42.2 Å². The second-order valence-electron chi connectivity index (χ2n) is 7.96. The molecule has 2 unspecified atom stereocenters. The Morgan fingerprint density at radius 3 is 2.32 bits per heavy atom. The van der Waals surface area contributed by atoms with Crippen LogP contribution in [0.1, 0.15) is 36.4 Å². The molecule has 2 aromatic carbocycles. The Morgan fingerprint density at radius 2 is 1.64 bits per heavy atom. The van der Waals surface area contributed by atoms with E-state index >= 15 is 0 Å². The van der Waals surface area contributed by atoms with Gasteiger partial charge < -0.3 is 15.5 Å². The van der Waals surface area contributed by atoms with E-state index in [0.717, 1.165) is 5.56 Å². The normalized spacial score (nSPS) is 25.9. The highest BCUT2D eigenvalue weighted by Crippen LogP contribution is 2.32. The molecule has 4 rings (SSSR count). The van der Waals surface area contributed by atoms with Crippen molar-refractivity contribution in [1.29, 1.82) is 0 Å². The lowest BCUT2D eigenvalue weighted by atomic mass is 9.95. The molecule has 0 aromatic heterocycles. The minimum absolute atomic E-state index is 0.0237. The number of nitrogens with zero attached hydrogens (tertiary/aromatic N) is 2. The van der Waals surface area contributed by atoms with E-state index in [0.29, 0.717) is 19.6 Å². The van der Waals surface area contributed by atoms with Crippen LogP contribution in [0.5, 0.6) is 0 Å². The summed E-state index contributed by atoms with van der Waals surface area (Å²) in [5.74, 6) is -0.00946. The summed E-state index contributed by atoms with van der Waals surface area (Å²) in [6, 6.07) is 20.0. The Balaban J connectivity index is 1.43. The Morgan fingerprint density at radius 1 is 1.00 bits per heavy atom. The number of amides is 2. The molecule has 2 aromatic rings. The van der Waals surface area contributed by atoms with Gasteiger partial charge in [-0.3, -0.25) is 9.59 Å². The fraction of sp³-hybridized carbons (Fsp3) is 0.391. The molecule has 0 aliphatic carbocycles. The van der Waals surface area contributed by atoms with Crippen molar-refractivity contribution in [3.63, 3.8) is 0 Å². The van der Waals surface area contributed by atoms with Crippen molar-refractivity contribution in [2.75, 3.05) is 19.6 Å². The van der Waals surface area contributed by atoms with E-state index in [1.807, 2.05) is 65.3 Å². The topological polar surface area (TPSA) is 66.6 Å². The molecule has 0 radical (unpaired) electrons.